The molecule has 0 aliphatic carbocycles. The van der Waals surface area contributed by atoms with E-state index < -0.39 is 0 Å². The molecule has 0 saturated heterocycles. The van der Waals surface area contributed by atoms with Crippen LogP contribution >= 0.6 is 0 Å². The van der Waals surface area contributed by atoms with E-state index in [1.165, 1.54) is 82.3 Å². The van der Waals surface area contributed by atoms with E-state index in [1.54, 1.807) is 0 Å². The third-order valence-electron chi connectivity index (χ3n) is 12.8. The Hall–Kier alpha value is -8.46. The Morgan fingerprint density at radius 3 is 1.34 bits per heavy atom. The van der Waals surface area contributed by atoms with Crippen molar-refractivity contribution >= 4 is 60.4 Å². The first-order valence-corrected chi connectivity index (χ1v) is 22.0. The van der Waals surface area contributed by atoms with Gasteiger partial charge in [-0.05, 0) is 121 Å². The maximum absolute atomic E-state index is 2.45. The third-order valence-corrected chi connectivity index (χ3v) is 12.8. The lowest BCUT2D eigenvalue weighted by molar-refractivity contribution is 1.18. The molecule has 0 saturated carbocycles. The van der Waals surface area contributed by atoms with Gasteiger partial charge in [0.05, 0.1) is 16.7 Å². The van der Waals surface area contributed by atoms with Gasteiger partial charge in [0.25, 0.3) is 0 Å². The van der Waals surface area contributed by atoms with Crippen LogP contribution in [0.2, 0.25) is 0 Å². The van der Waals surface area contributed by atoms with Crippen molar-refractivity contribution in [3.05, 3.63) is 255 Å². The fourth-order valence-corrected chi connectivity index (χ4v) is 9.80. The topological polar surface area (TPSA) is 8.17 Å². The molecule has 1 aromatic heterocycles. The summed E-state index contributed by atoms with van der Waals surface area (Å²) >= 11 is 0. The molecule has 11 aromatic carbocycles. The number of hydrogen-bond donors (Lipinski definition) is 0. The Kier molecular flexibility index (Phi) is 9.20. The molecule has 0 fully saturated rings. The largest absolute Gasteiger partial charge is 0.310 e. The molecule has 1 heterocycles. The number of para-hydroxylation sites is 1. The molecule has 0 unspecified atom stereocenters. The van der Waals surface area contributed by atoms with E-state index in [2.05, 4.69) is 264 Å². The van der Waals surface area contributed by atoms with Gasteiger partial charge in [-0.3, -0.25) is 0 Å². The normalized spacial score (nSPS) is 11.4. The molecule has 0 spiro atoms. The van der Waals surface area contributed by atoms with Crippen molar-refractivity contribution in [2.45, 2.75) is 0 Å². The fourth-order valence-electron chi connectivity index (χ4n) is 9.80. The van der Waals surface area contributed by atoms with Gasteiger partial charge in [-0.2, -0.15) is 0 Å². The average Bonchev–Trinajstić information content (AvgIpc) is 3.73. The van der Waals surface area contributed by atoms with Crippen molar-refractivity contribution in [1.29, 1.82) is 0 Å². The summed E-state index contributed by atoms with van der Waals surface area (Å²) in [6.07, 6.45) is 0. The van der Waals surface area contributed by atoms with E-state index in [0.29, 0.717) is 0 Å². The highest BCUT2D eigenvalue weighted by Gasteiger charge is 2.23. The molecule has 0 N–H and O–H groups in total. The summed E-state index contributed by atoms with van der Waals surface area (Å²) in [4.78, 5) is 2.45. The molecule has 0 amide bonds. The first kappa shape index (κ1) is 37.3. The van der Waals surface area contributed by atoms with Crippen molar-refractivity contribution in [3.8, 4) is 50.2 Å². The summed E-state index contributed by atoms with van der Waals surface area (Å²) in [5, 5.41) is 7.41. The van der Waals surface area contributed by atoms with Gasteiger partial charge in [0.2, 0.25) is 0 Å². The minimum absolute atomic E-state index is 1.08. The molecule has 2 heteroatoms. The number of aromatic nitrogens is 1. The van der Waals surface area contributed by atoms with Crippen LogP contribution in [0.3, 0.4) is 0 Å². The monoisotopic (exact) mass is 814 g/mol. The minimum atomic E-state index is 1.08. The number of nitrogens with zero attached hydrogens (tertiary/aromatic N) is 2. The van der Waals surface area contributed by atoms with Gasteiger partial charge in [-0.15, -0.1) is 0 Å². The van der Waals surface area contributed by atoms with E-state index in [0.717, 1.165) is 28.3 Å². The predicted octanol–water partition coefficient (Wildman–Crippen LogP) is 17.2. The summed E-state index contributed by atoms with van der Waals surface area (Å²) < 4.78 is 2.43. The second kappa shape index (κ2) is 15.8. The van der Waals surface area contributed by atoms with Crippen molar-refractivity contribution in [2.75, 3.05) is 4.90 Å². The zero-order valence-electron chi connectivity index (χ0n) is 35.1. The lowest BCUT2D eigenvalue weighted by atomic mass is 9.91. The summed E-state index contributed by atoms with van der Waals surface area (Å²) in [5.74, 6) is 0. The van der Waals surface area contributed by atoms with Gasteiger partial charge in [-0.25, -0.2) is 0 Å². The highest BCUT2D eigenvalue weighted by molar-refractivity contribution is 6.25. The van der Waals surface area contributed by atoms with Gasteiger partial charge in [0.15, 0.2) is 0 Å². The fraction of sp³-hybridized carbons (Fsp3) is 0. The minimum Gasteiger partial charge on any atom is -0.310 e. The van der Waals surface area contributed by atoms with Gasteiger partial charge < -0.3 is 9.47 Å². The van der Waals surface area contributed by atoms with Crippen molar-refractivity contribution in [2.24, 2.45) is 0 Å². The first-order valence-electron chi connectivity index (χ1n) is 22.0. The number of hydrogen-bond acceptors (Lipinski definition) is 1. The van der Waals surface area contributed by atoms with Crippen molar-refractivity contribution in [1.82, 2.24) is 4.57 Å². The molecular formula is C62H42N2. The summed E-state index contributed by atoms with van der Waals surface area (Å²) in [6.45, 7) is 0. The van der Waals surface area contributed by atoms with Gasteiger partial charge in [0, 0.05) is 27.8 Å². The number of benzene rings is 11. The van der Waals surface area contributed by atoms with Crippen LogP contribution in [0, 0.1) is 0 Å². The molecule has 0 aliphatic heterocycles. The summed E-state index contributed by atoms with van der Waals surface area (Å²) in [7, 11) is 0. The van der Waals surface area contributed by atoms with Crippen LogP contribution in [-0.4, -0.2) is 4.57 Å². The Labute approximate surface area is 373 Å². The van der Waals surface area contributed by atoms with Crippen LogP contribution in [0.5, 0.6) is 0 Å². The van der Waals surface area contributed by atoms with Crippen LogP contribution in [0.1, 0.15) is 0 Å². The van der Waals surface area contributed by atoms with E-state index in [9.17, 15) is 0 Å². The summed E-state index contributed by atoms with van der Waals surface area (Å²) in [6, 6.07) is 92.6. The molecule has 64 heavy (non-hydrogen) atoms. The Bertz CT molecular complexity index is 3600. The molecule has 0 bridgehead atoms. The molecule has 0 radical (unpaired) electrons. The van der Waals surface area contributed by atoms with Crippen LogP contribution in [0.15, 0.2) is 255 Å². The predicted molar refractivity (Wildman–Crippen MR) is 272 cm³/mol. The van der Waals surface area contributed by atoms with Crippen molar-refractivity contribution in [3.63, 3.8) is 0 Å². The molecule has 0 aliphatic rings. The SMILES string of the molecule is c1ccc(-c2ccc(-c3ccc(N(c4ccc(-c5cccc6cccc(-c7ccccc7)c56)cc4)c4cccc5c4c4c6ccccc6ccc4n5-c4ccccc4)cc3)cc2)cc1. The van der Waals surface area contributed by atoms with E-state index in [-0.39, 0.29) is 0 Å². The molecule has 2 nitrogen and oxygen atoms in total. The van der Waals surface area contributed by atoms with E-state index >= 15 is 0 Å². The zero-order valence-corrected chi connectivity index (χ0v) is 35.1. The number of fused-ring (bicyclic) bond motifs is 6. The van der Waals surface area contributed by atoms with E-state index in [1.807, 2.05) is 0 Å². The molecule has 300 valence electrons. The van der Waals surface area contributed by atoms with Crippen LogP contribution in [0.4, 0.5) is 17.1 Å². The smallest absolute Gasteiger partial charge is 0.0562 e. The number of rotatable bonds is 8. The molecular weight excluding hydrogens is 773 g/mol. The average molecular weight is 815 g/mol. The maximum Gasteiger partial charge on any atom is 0.0562 e. The maximum atomic E-state index is 2.45. The Morgan fingerprint density at radius 2 is 0.719 bits per heavy atom. The van der Waals surface area contributed by atoms with Gasteiger partial charge >= 0.3 is 0 Å². The standard InChI is InChI=1S/C62H42N2/c1-4-15-43(16-5-1)44-29-31-45(32-30-44)46-33-38-52(39-34-46)63(53-40-35-49(36-41-53)55-26-13-21-50-20-12-25-54(60(50)55)47-17-6-2-7-18-47)57-27-14-28-58-62(57)61-56-24-11-10-19-48(56)37-42-59(61)64(58)51-22-8-3-9-23-51/h1-42H. The van der Waals surface area contributed by atoms with E-state index in [4.69, 9.17) is 0 Å². The molecule has 12 aromatic rings. The van der Waals surface area contributed by atoms with Crippen LogP contribution in [0.25, 0.3) is 93.5 Å². The molecule has 0 atom stereocenters. The van der Waals surface area contributed by atoms with Crippen LogP contribution in [-0.2, 0) is 0 Å². The second-order valence-corrected chi connectivity index (χ2v) is 16.5. The molecule has 12 rings (SSSR count). The lowest BCUT2D eigenvalue weighted by Gasteiger charge is -2.27. The zero-order chi connectivity index (χ0) is 42.4. The third kappa shape index (κ3) is 6.44. The highest BCUT2D eigenvalue weighted by atomic mass is 15.1. The Balaban J connectivity index is 1.05. The van der Waals surface area contributed by atoms with Gasteiger partial charge in [0.1, 0.15) is 0 Å². The quantitative estimate of drug-likeness (QED) is 0.148. The second-order valence-electron chi connectivity index (χ2n) is 16.5. The Morgan fingerprint density at radius 1 is 0.266 bits per heavy atom. The summed E-state index contributed by atoms with van der Waals surface area (Å²) in [5.41, 5.74) is 16.4. The van der Waals surface area contributed by atoms with Crippen molar-refractivity contribution < 1.29 is 0 Å². The highest BCUT2D eigenvalue weighted by Crippen LogP contribution is 2.47. The van der Waals surface area contributed by atoms with Crippen LogP contribution < -0.4 is 4.90 Å². The van der Waals surface area contributed by atoms with Gasteiger partial charge in [-0.1, -0.05) is 200 Å². The lowest BCUT2D eigenvalue weighted by Crippen LogP contribution is -2.10. The number of anilines is 3. The first-order chi connectivity index (χ1) is 31.8.